The van der Waals surface area contributed by atoms with Crippen molar-refractivity contribution in [3.8, 4) is 0 Å². The second-order valence-electron chi connectivity index (χ2n) is 7.00. The molecule has 4 rings (SSSR count). The van der Waals surface area contributed by atoms with Gasteiger partial charge in [0, 0.05) is 31.4 Å². The molecular formula is C17H26N6O. The fourth-order valence-corrected chi connectivity index (χ4v) is 4.31. The molecule has 2 aromatic rings. The molecule has 1 saturated heterocycles. The maximum absolute atomic E-state index is 6.06. The molecule has 0 unspecified atom stereocenters. The van der Waals surface area contributed by atoms with Gasteiger partial charge in [-0.1, -0.05) is 0 Å². The predicted octanol–water partition coefficient (Wildman–Crippen LogP) is 1.72. The molecule has 0 amide bonds. The van der Waals surface area contributed by atoms with Crippen LogP contribution in [-0.4, -0.2) is 51.8 Å². The molecule has 2 aliphatic rings. The van der Waals surface area contributed by atoms with Crippen LogP contribution in [0.25, 0.3) is 11.0 Å². The maximum Gasteiger partial charge on any atom is 0.223 e. The van der Waals surface area contributed by atoms with Crippen molar-refractivity contribution in [3.63, 3.8) is 0 Å². The zero-order valence-corrected chi connectivity index (χ0v) is 14.2. The van der Waals surface area contributed by atoms with Crippen LogP contribution in [0, 0.1) is 6.92 Å². The fraction of sp³-hybridized carbons (Fsp3) is 0.647. The van der Waals surface area contributed by atoms with E-state index in [1.165, 1.54) is 12.8 Å². The van der Waals surface area contributed by atoms with Crippen LogP contribution in [0.4, 0.5) is 11.8 Å². The number of rotatable bonds is 2. The number of nitrogens with zero attached hydrogens (tertiary/aromatic N) is 4. The Balaban J connectivity index is 1.54. The molecule has 7 nitrogen and oxygen atoms in total. The quantitative estimate of drug-likeness (QED) is 0.870. The lowest BCUT2D eigenvalue weighted by Gasteiger charge is -2.39. The van der Waals surface area contributed by atoms with E-state index in [2.05, 4.69) is 32.6 Å². The van der Waals surface area contributed by atoms with Gasteiger partial charge in [-0.3, -0.25) is 4.90 Å². The standard InChI is InChI=1S/C17H26N6O/c1-11-10-23(16-14(11)15(18)20-17(19)21-16)13-4-2-12(3-5-13)22-6-8-24-9-7-22/h10,12-13H,2-9H2,1H3,(H4,18,19,20,21). The van der Waals surface area contributed by atoms with Crippen LogP contribution in [0.15, 0.2) is 6.20 Å². The molecule has 1 saturated carbocycles. The van der Waals surface area contributed by atoms with Crippen molar-refractivity contribution in [1.29, 1.82) is 0 Å². The molecule has 130 valence electrons. The first-order chi connectivity index (χ1) is 11.6. The Morgan fingerprint density at radius 1 is 1.04 bits per heavy atom. The van der Waals surface area contributed by atoms with Crippen LogP contribution in [-0.2, 0) is 4.74 Å². The van der Waals surface area contributed by atoms with Gasteiger partial charge < -0.3 is 20.8 Å². The number of hydrogen-bond donors (Lipinski definition) is 2. The number of ether oxygens (including phenoxy) is 1. The van der Waals surface area contributed by atoms with E-state index >= 15 is 0 Å². The van der Waals surface area contributed by atoms with Gasteiger partial charge in [-0.15, -0.1) is 0 Å². The van der Waals surface area contributed by atoms with Gasteiger partial charge in [0.15, 0.2) is 0 Å². The summed E-state index contributed by atoms with van der Waals surface area (Å²) in [6.07, 6.45) is 6.93. The molecule has 0 spiro atoms. The van der Waals surface area contributed by atoms with Crippen LogP contribution in [0.2, 0.25) is 0 Å². The van der Waals surface area contributed by atoms with E-state index in [0.717, 1.165) is 55.7 Å². The molecule has 2 aromatic heterocycles. The summed E-state index contributed by atoms with van der Waals surface area (Å²) >= 11 is 0. The number of anilines is 2. The average Bonchev–Trinajstić information content (AvgIpc) is 2.92. The minimum absolute atomic E-state index is 0.251. The van der Waals surface area contributed by atoms with Crippen LogP contribution >= 0.6 is 0 Å². The number of aromatic nitrogens is 3. The Labute approximate surface area is 142 Å². The normalized spacial score (nSPS) is 26.0. The molecule has 0 aromatic carbocycles. The van der Waals surface area contributed by atoms with Crippen molar-refractivity contribution in [2.75, 3.05) is 37.8 Å². The minimum atomic E-state index is 0.251. The third-order valence-electron chi connectivity index (χ3n) is 5.53. The third kappa shape index (κ3) is 2.71. The van der Waals surface area contributed by atoms with Gasteiger partial charge in [0.2, 0.25) is 5.95 Å². The second kappa shape index (κ2) is 6.22. The van der Waals surface area contributed by atoms with E-state index < -0.39 is 0 Å². The highest BCUT2D eigenvalue weighted by Gasteiger charge is 2.29. The van der Waals surface area contributed by atoms with Gasteiger partial charge in [0.1, 0.15) is 11.5 Å². The van der Waals surface area contributed by atoms with E-state index in [1.807, 2.05) is 0 Å². The summed E-state index contributed by atoms with van der Waals surface area (Å²) in [5.41, 5.74) is 13.9. The molecule has 7 heteroatoms. The van der Waals surface area contributed by atoms with Gasteiger partial charge in [0.05, 0.1) is 18.6 Å². The summed E-state index contributed by atoms with van der Waals surface area (Å²) in [6, 6.07) is 1.16. The van der Waals surface area contributed by atoms with Gasteiger partial charge in [-0.2, -0.15) is 9.97 Å². The van der Waals surface area contributed by atoms with Gasteiger partial charge in [-0.05, 0) is 38.2 Å². The van der Waals surface area contributed by atoms with E-state index in [4.69, 9.17) is 16.2 Å². The lowest BCUT2D eigenvalue weighted by Crippen LogP contribution is -2.45. The van der Waals surface area contributed by atoms with Gasteiger partial charge in [0.25, 0.3) is 0 Å². The number of fused-ring (bicyclic) bond motifs is 1. The maximum atomic E-state index is 6.06. The topological polar surface area (TPSA) is 95.2 Å². The van der Waals surface area contributed by atoms with Crippen LogP contribution in [0.1, 0.15) is 37.3 Å². The zero-order valence-electron chi connectivity index (χ0n) is 14.2. The largest absolute Gasteiger partial charge is 0.383 e. The molecule has 3 heterocycles. The zero-order chi connectivity index (χ0) is 16.7. The fourth-order valence-electron chi connectivity index (χ4n) is 4.31. The summed E-state index contributed by atoms with van der Waals surface area (Å²) < 4.78 is 7.74. The number of morpholine rings is 1. The summed E-state index contributed by atoms with van der Waals surface area (Å²) in [5, 5.41) is 0.944. The molecule has 0 radical (unpaired) electrons. The summed E-state index contributed by atoms with van der Waals surface area (Å²) in [6.45, 7) is 5.95. The summed E-state index contributed by atoms with van der Waals surface area (Å²) in [7, 11) is 0. The van der Waals surface area contributed by atoms with Crippen molar-refractivity contribution in [3.05, 3.63) is 11.8 Å². The second-order valence-corrected chi connectivity index (χ2v) is 7.00. The molecule has 2 fully saturated rings. The average molecular weight is 330 g/mol. The smallest absolute Gasteiger partial charge is 0.223 e. The van der Waals surface area contributed by atoms with Crippen molar-refractivity contribution < 1.29 is 4.74 Å². The van der Waals surface area contributed by atoms with Crippen LogP contribution in [0.3, 0.4) is 0 Å². The molecule has 0 atom stereocenters. The molecule has 4 N–H and O–H groups in total. The first-order valence-corrected chi connectivity index (χ1v) is 8.85. The van der Waals surface area contributed by atoms with Crippen LogP contribution < -0.4 is 11.5 Å². The molecule has 24 heavy (non-hydrogen) atoms. The van der Waals surface area contributed by atoms with E-state index in [0.29, 0.717) is 17.9 Å². The van der Waals surface area contributed by atoms with Gasteiger partial charge in [-0.25, -0.2) is 0 Å². The highest BCUT2D eigenvalue weighted by Crippen LogP contribution is 2.35. The lowest BCUT2D eigenvalue weighted by molar-refractivity contribution is 0.00557. The molecule has 0 bridgehead atoms. The molecular weight excluding hydrogens is 304 g/mol. The number of nitrogens with two attached hydrogens (primary N) is 2. The van der Waals surface area contributed by atoms with Crippen molar-refractivity contribution in [2.24, 2.45) is 0 Å². The minimum Gasteiger partial charge on any atom is -0.383 e. The lowest BCUT2D eigenvalue weighted by atomic mass is 9.90. The Morgan fingerprint density at radius 2 is 1.71 bits per heavy atom. The van der Waals surface area contributed by atoms with E-state index in [1.54, 1.807) is 0 Å². The summed E-state index contributed by atoms with van der Waals surface area (Å²) in [5.74, 6) is 0.733. The summed E-state index contributed by atoms with van der Waals surface area (Å²) in [4.78, 5) is 11.2. The Bertz CT molecular complexity index is 728. The Kier molecular flexibility index (Phi) is 4.05. The predicted molar refractivity (Wildman–Crippen MR) is 94.8 cm³/mol. The van der Waals surface area contributed by atoms with Crippen molar-refractivity contribution in [1.82, 2.24) is 19.4 Å². The highest BCUT2D eigenvalue weighted by atomic mass is 16.5. The SMILES string of the molecule is Cc1cn(C2CCC(N3CCOCC3)CC2)c2nc(N)nc(N)c12. The van der Waals surface area contributed by atoms with E-state index in [9.17, 15) is 0 Å². The first kappa shape index (κ1) is 15.7. The third-order valence-corrected chi connectivity index (χ3v) is 5.53. The number of aryl methyl sites for hydroxylation is 1. The first-order valence-electron chi connectivity index (χ1n) is 8.85. The van der Waals surface area contributed by atoms with Gasteiger partial charge >= 0.3 is 0 Å². The number of nitrogen functional groups attached to an aromatic ring is 2. The Morgan fingerprint density at radius 3 is 2.42 bits per heavy atom. The Hall–Kier alpha value is -1.86. The van der Waals surface area contributed by atoms with Crippen molar-refractivity contribution in [2.45, 2.75) is 44.7 Å². The monoisotopic (exact) mass is 330 g/mol. The molecule has 1 aliphatic carbocycles. The van der Waals surface area contributed by atoms with E-state index in [-0.39, 0.29) is 5.95 Å². The van der Waals surface area contributed by atoms with Crippen molar-refractivity contribution >= 4 is 22.8 Å². The molecule has 1 aliphatic heterocycles. The highest BCUT2D eigenvalue weighted by molar-refractivity contribution is 5.90. The number of hydrogen-bond acceptors (Lipinski definition) is 6. The van der Waals surface area contributed by atoms with Crippen LogP contribution in [0.5, 0.6) is 0 Å².